The first-order valence-corrected chi connectivity index (χ1v) is 9.38. The molecule has 1 fully saturated rings. The summed E-state index contributed by atoms with van der Waals surface area (Å²) in [4.78, 5) is 27.9. The number of carbonyl (C=O) groups excluding carboxylic acids is 1. The van der Waals surface area contributed by atoms with Crippen molar-refractivity contribution in [3.63, 3.8) is 0 Å². The Morgan fingerprint density at radius 1 is 1.03 bits per heavy atom. The number of ether oxygens (including phenoxy) is 2. The second-order valence-corrected chi connectivity index (χ2v) is 6.98. The molecule has 0 aromatic heterocycles. The molecule has 3 rings (SSSR count). The molecule has 1 aliphatic heterocycles. The predicted octanol–water partition coefficient (Wildman–Crippen LogP) is 3.19. The Kier molecular flexibility index (Phi) is 5.91. The summed E-state index contributed by atoms with van der Waals surface area (Å²) >= 11 is 0. The molecule has 0 bridgehead atoms. The van der Waals surface area contributed by atoms with Gasteiger partial charge in [0.2, 0.25) is 0 Å². The lowest BCUT2D eigenvalue weighted by Gasteiger charge is -2.37. The van der Waals surface area contributed by atoms with Gasteiger partial charge in [-0.1, -0.05) is 12.1 Å². The van der Waals surface area contributed by atoms with Crippen LogP contribution in [-0.4, -0.2) is 56.1 Å². The molecule has 0 atom stereocenters. The standard InChI is InChI=1S/C21H25N3O5/c1-14-6-5-7-17(15(14)2)22-8-10-23(11-9-22)21(25)16-12-19(28-3)20(29-4)13-18(16)24(26)27/h5-7,12-13H,8-11H2,1-4H3. The van der Waals surface area contributed by atoms with Crippen molar-refractivity contribution < 1.29 is 19.2 Å². The van der Waals surface area contributed by atoms with Crippen LogP contribution in [0.4, 0.5) is 11.4 Å². The number of piperazine rings is 1. The van der Waals surface area contributed by atoms with Gasteiger partial charge >= 0.3 is 0 Å². The Bertz CT molecular complexity index is 936. The molecule has 0 radical (unpaired) electrons. The molecule has 1 heterocycles. The van der Waals surface area contributed by atoms with E-state index >= 15 is 0 Å². The first-order valence-electron chi connectivity index (χ1n) is 9.38. The highest BCUT2D eigenvalue weighted by Gasteiger charge is 2.30. The largest absolute Gasteiger partial charge is 0.493 e. The summed E-state index contributed by atoms with van der Waals surface area (Å²) in [6.07, 6.45) is 0. The van der Waals surface area contributed by atoms with Crippen LogP contribution < -0.4 is 14.4 Å². The Hall–Kier alpha value is -3.29. The van der Waals surface area contributed by atoms with Crippen LogP contribution in [0.2, 0.25) is 0 Å². The van der Waals surface area contributed by atoms with Crippen LogP contribution in [0.1, 0.15) is 21.5 Å². The number of methoxy groups -OCH3 is 2. The predicted molar refractivity (Wildman–Crippen MR) is 110 cm³/mol. The zero-order chi connectivity index (χ0) is 21.1. The molecule has 1 saturated heterocycles. The SMILES string of the molecule is COc1cc(C(=O)N2CCN(c3cccc(C)c3C)CC2)c([N+](=O)[O-])cc1OC. The number of anilines is 1. The molecule has 8 heteroatoms. The number of carbonyl (C=O) groups is 1. The van der Waals surface area contributed by atoms with Crippen LogP contribution in [0.15, 0.2) is 30.3 Å². The minimum absolute atomic E-state index is 0.00726. The lowest BCUT2D eigenvalue weighted by molar-refractivity contribution is -0.385. The topological polar surface area (TPSA) is 85.2 Å². The van der Waals surface area contributed by atoms with Crippen molar-refractivity contribution in [2.45, 2.75) is 13.8 Å². The van der Waals surface area contributed by atoms with Crippen molar-refractivity contribution in [2.75, 3.05) is 45.3 Å². The van der Waals surface area contributed by atoms with E-state index in [-0.39, 0.29) is 28.7 Å². The van der Waals surface area contributed by atoms with Crippen LogP contribution in [0.25, 0.3) is 0 Å². The molecular weight excluding hydrogens is 374 g/mol. The van der Waals surface area contributed by atoms with Crippen molar-refractivity contribution in [3.8, 4) is 11.5 Å². The van der Waals surface area contributed by atoms with Crippen LogP contribution in [-0.2, 0) is 0 Å². The van der Waals surface area contributed by atoms with E-state index in [0.29, 0.717) is 26.2 Å². The Labute approximate surface area is 169 Å². The summed E-state index contributed by atoms with van der Waals surface area (Å²) in [6, 6.07) is 8.81. The van der Waals surface area contributed by atoms with Crippen molar-refractivity contribution in [3.05, 3.63) is 57.1 Å². The normalized spacial score (nSPS) is 13.9. The molecule has 0 spiro atoms. The molecule has 154 valence electrons. The first kappa shape index (κ1) is 20.4. The molecule has 0 aliphatic carbocycles. The number of hydrogen-bond acceptors (Lipinski definition) is 6. The molecule has 2 aromatic carbocycles. The van der Waals surface area contributed by atoms with Crippen LogP contribution in [0.5, 0.6) is 11.5 Å². The van der Waals surface area contributed by atoms with E-state index in [1.54, 1.807) is 4.90 Å². The van der Waals surface area contributed by atoms with Crippen LogP contribution >= 0.6 is 0 Å². The number of nitro benzene ring substituents is 1. The number of aryl methyl sites for hydroxylation is 1. The summed E-state index contributed by atoms with van der Waals surface area (Å²) in [5, 5.41) is 11.5. The molecule has 1 aliphatic rings. The van der Waals surface area contributed by atoms with Crippen molar-refractivity contribution >= 4 is 17.3 Å². The third-order valence-electron chi connectivity index (χ3n) is 5.41. The van der Waals surface area contributed by atoms with Gasteiger partial charge < -0.3 is 19.3 Å². The summed E-state index contributed by atoms with van der Waals surface area (Å²) in [5.74, 6) is 0.129. The zero-order valence-corrected chi connectivity index (χ0v) is 17.1. The van der Waals surface area contributed by atoms with Crippen LogP contribution in [0.3, 0.4) is 0 Å². The molecule has 0 saturated carbocycles. The zero-order valence-electron chi connectivity index (χ0n) is 17.1. The summed E-state index contributed by atoms with van der Waals surface area (Å²) in [6.45, 7) is 6.47. The monoisotopic (exact) mass is 399 g/mol. The average Bonchev–Trinajstić information content (AvgIpc) is 2.74. The van der Waals surface area contributed by atoms with Gasteiger partial charge in [-0.15, -0.1) is 0 Å². The number of hydrogen-bond donors (Lipinski definition) is 0. The molecular formula is C21H25N3O5. The van der Waals surface area contributed by atoms with Gasteiger partial charge in [-0.2, -0.15) is 0 Å². The molecule has 1 amide bonds. The van der Waals surface area contributed by atoms with Gasteiger partial charge in [0, 0.05) is 37.9 Å². The molecule has 0 unspecified atom stereocenters. The third kappa shape index (κ3) is 3.96. The number of nitrogens with zero attached hydrogens (tertiary/aromatic N) is 3. The van der Waals surface area contributed by atoms with Crippen molar-refractivity contribution in [2.24, 2.45) is 0 Å². The summed E-state index contributed by atoms with van der Waals surface area (Å²) in [7, 11) is 2.83. The molecule has 2 aromatic rings. The van der Waals surface area contributed by atoms with Gasteiger partial charge in [0.1, 0.15) is 5.56 Å². The second-order valence-electron chi connectivity index (χ2n) is 6.98. The van der Waals surface area contributed by atoms with Crippen molar-refractivity contribution in [1.82, 2.24) is 4.90 Å². The lowest BCUT2D eigenvalue weighted by Crippen LogP contribution is -2.49. The van der Waals surface area contributed by atoms with E-state index in [1.807, 2.05) is 6.07 Å². The van der Waals surface area contributed by atoms with Gasteiger partial charge in [-0.05, 0) is 31.0 Å². The Morgan fingerprint density at radius 3 is 2.24 bits per heavy atom. The minimum atomic E-state index is -0.568. The molecule has 8 nitrogen and oxygen atoms in total. The van der Waals surface area contributed by atoms with Gasteiger partial charge in [-0.3, -0.25) is 14.9 Å². The Morgan fingerprint density at radius 2 is 1.66 bits per heavy atom. The quantitative estimate of drug-likeness (QED) is 0.567. The summed E-state index contributed by atoms with van der Waals surface area (Å²) < 4.78 is 10.4. The fraction of sp³-hybridized carbons (Fsp3) is 0.381. The average molecular weight is 399 g/mol. The highest BCUT2D eigenvalue weighted by molar-refractivity contribution is 5.99. The summed E-state index contributed by atoms with van der Waals surface area (Å²) in [5.41, 5.74) is 3.33. The smallest absolute Gasteiger partial charge is 0.286 e. The first-order chi connectivity index (χ1) is 13.9. The van der Waals surface area contributed by atoms with E-state index in [0.717, 1.165) is 5.69 Å². The highest BCUT2D eigenvalue weighted by Crippen LogP contribution is 2.35. The number of benzene rings is 2. The van der Waals surface area contributed by atoms with Gasteiger partial charge in [0.05, 0.1) is 25.2 Å². The van der Waals surface area contributed by atoms with Gasteiger partial charge in [0.25, 0.3) is 11.6 Å². The van der Waals surface area contributed by atoms with E-state index in [4.69, 9.17) is 9.47 Å². The maximum atomic E-state index is 13.1. The minimum Gasteiger partial charge on any atom is -0.493 e. The lowest BCUT2D eigenvalue weighted by atomic mass is 10.1. The second kappa shape index (κ2) is 8.38. The van der Waals surface area contributed by atoms with E-state index in [2.05, 4.69) is 30.9 Å². The fourth-order valence-electron chi connectivity index (χ4n) is 3.59. The van der Waals surface area contributed by atoms with Gasteiger partial charge in [0.15, 0.2) is 11.5 Å². The Balaban J connectivity index is 1.82. The molecule has 0 N–H and O–H groups in total. The number of amides is 1. The highest BCUT2D eigenvalue weighted by atomic mass is 16.6. The van der Waals surface area contributed by atoms with E-state index in [9.17, 15) is 14.9 Å². The van der Waals surface area contributed by atoms with Crippen LogP contribution in [0, 0.1) is 24.0 Å². The third-order valence-corrected chi connectivity index (χ3v) is 5.41. The van der Waals surface area contributed by atoms with Crippen molar-refractivity contribution in [1.29, 1.82) is 0 Å². The van der Waals surface area contributed by atoms with E-state index < -0.39 is 4.92 Å². The fourth-order valence-corrected chi connectivity index (χ4v) is 3.59. The maximum Gasteiger partial charge on any atom is 0.286 e. The van der Waals surface area contributed by atoms with Gasteiger partial charge in [-0.25, -0.2) is 0 Å². The number of nitro groups is 1. The molecule has 29 heavy (non-hydrogen) atoms. The number of rotatable bonds is 5. The maximum absolute atomic E-state index is 13.1. The van der Waals surface area contributed by atoms with E-state index in [1.165, 1.54) is 37.5 Å².